The molecule has 0 bridgehead atoms. The Morgan fingerprint density at radius 2 is 1.89 bits per heavy atom. The van der Waals surface area contributed by atoms with Crippen LogP contribution < -0.4 is 5.32 Å². The van der Waals surface area contributed by atoms with Gasteiger partial charge in [0.05, 0.1) is 4.90 Å². The molecule has 0 radical (unpaired) electrons. The van der Waals surface area contributed by atoms with Crippen molar-refractivity contribution in [1.29, 1.82) is 0 Å². The van der Waals surface area contributed by atoms with Crippen molar-refractivity contribution < 1.29 is 13.2 Å². The summed E-state index contributed by atoms with van der Waals surface area (Å²) in [6, 6.07) is 6.06. The topological polar surface area (TPSA) is 63.2 Å². The number of carbonyl (C=O) groups excluding carboxylic acids is 1. The first-order valence-corrected chi connectivity index (χ1v) is 9.03. The Labute approximate surface area is 122 Å². The fourth-order valence-corrected chi connectivity index (χ4v) is 2.57. The van der Waals surface area contributed by atoms with E-state index in [-0.39, 0.29) is 16.8 Å². The number of rotatable bonds is 6. The molecular weight excluding hydrogens is 330 g/mol. The molecule has 6 heteroatoms. The van der Waals surface area contributed by atoms with Gasteiger partial charge in [0.2, 0.25) is 0 Å². The van der Waals surface area contributed by atoms with Crippen molar-refractivity contribution >= 4 is 31.7 Å². The van der Waals surface area contributed by atoms with Crippen molar-refractivity contribution in [2.45, 2.75) is 30.7 Å². The van der Waals surface area contributed by atoms with Crippen molar-refractivity contribution in [3.8, 4) is 0 Å². The van der Waals surface area contributed by atoms with Gasteiger partial charge >= 0.3 is 0 Å². The van der Waals surface area contributed by atoms with Crippen LogP contribution in [0.25, 0.3) is 0 Å². The van der Waals surface area contributed by atoms with E-state index in [0.29, 0.717) is 5.56 Å². The first-order chi connectivity index (χ1) is 8.84. The highest BCUT2D eigenvalue weighted by Crippen LogP contribution is 2.10. The van der Waals surface area contributed by atoms with Crippen LogP contribution in [-0.4, -0.2) is 32.0 Å². The standard InChI is InChI=1S/C13H18BrNO3S/c1-10(4-3-9-14)15-13(16)11-5-7-12(8-6-11)19(2,17)18/h5-8,10H,3-4,9H2,1-2H3,(H,15,16). The van der Waals surface area contributed by atoms with Crippen molar-refractivity contribution in [1.82, 2.24) is 5.32 Å². The summed E-state index contributed by atoms with van der Waals surface area (Å²) in [5.41, 5.74) is 0.470. The van der Waals surface area contributed by atoms with Crippen molar-refractivity contribution in [2.24, 2.45) is 0 Å². The number of hydrogen-bond acceptors (Lipinski definition) is 3. The molecule has 1 N–H and O–H groups in total. The van der Waals surface area contributed by atoms with Crippen LogP contribution in [0.15, 0.2) is 29.2 Å². The van der Waals surface area contributed by atoms with Gasteiger partial charge in [-0.3, -0.25) is 4.79 Å². The molecule has 0 aliphatic carbocycles. The van der Waals surface area contributed by atoms with E-state index in [9.17, 15) is 13.2 Å². The molecule has 1 amide bonds. The fraction of sp³-hybridized carbons (Fsp3) is 0.462. The van der Waals surface area contributed by atoms with Gasteiger partial charge < -0.3 is 5.32 Å². The molecule has 0 aliphatic rings. The van der Waals surface area contributed by atoms with Gasteiger partial charge in [0.1, 0.15) is 0 Å². The number of halogens is 1. The normalized spacial score (nSPS) is 13.0. The van der Waals surface area contributed by atoms with E-state index in [1.165, 1.54) is 24.3 Å². The quantitative estimate of drug-likeness (QED) is 0.803. The largest absolute Gasteiger partial charge is 0.350 e. The third-order valence-corrected chi connectivity index (χ3v) is 4.38. The van der Waals surface area contributed by atoms with E-state index in [1.807, 2.05) is 6.92 Å². The second-order valence-electron chi connectivity index (χ2n) is 4.50. The maximum Gasteiger partial charge on any atom is 0.251 e. The predicted molar refractivity (Wildman–Crippen MR) is 79.5 cm³/mol. The first kappa shape index (κ1) is 16.2. The Balaban J connectivity index is 2.68. The third kappa shape index (κ3) is 5.32. The van der Waals surface area contributed by atoms with Crippen molar-refractivity contribution in [3.63, 3.8) is 0 Å². The van der Waals surface area contributed by atoms with Crippen LogP contribution in [0.5, 0.6) is 0 Å². The minimum Gasteiger partial charge on any atom is -0.350 e. The summed E-state index contributed by atoms with van der Waals surface area (Å²) in [4.78, 5) is 12.1. The second-order valence-corrected chi connectivity index (χ2v) is 7.31. The maximum atomic E-state index is 11.9. The third-order valence-electron chi connectivity index (χ3n) is 2.69. The monoisotopic (exact) mass is 347 g/mol. The minimum absolute atomic E-state index is 0.0969. The summed E-state index contributed by atoms with van der Waals surface area (Å²) in [7, 11) is -3.22. The zero-order chi connectivity index (χ0) is 14.5. The number of sulfone groups is 1. The molecule has 1 aromatic carbocycles. The van der Waals surface area contributed by atoms with Crippen LogP contribution in [0.2, 0.25) is 0 Å². The van der Waals surface area contributed by atoms with Gasteiger partial charge in [-0.25, -0.2) is 8.42 Å². The number of nitrogens with one attached hydrogen (secondary N) is 1. The summed E-state index contributed by atoms with van der Waals surface area (Å²) >= 11 is 3.35. The highest BCUT2D eigenvalue weighted by atomic mass is 79.9. The molecule has 19 heavy (non-hydrogen) atoms. The van der Waals surface area contributed by atoms with Crippen LogP contribution in [0, 0.1) is 0 Å². The Kier molecular flexibility index (Phi) is 6.00. The van der Waals surface area contributed by atoms with Gasteiger partial charge in [-0.05, 0) is 44.0 Å². The van der Waals surface area contributed by atoms with Gasteiger partial charge in [0.15, 0.2) is 9.84 Å². The molecule has 0 spiro atoms. The van der Waals surface area contributed by atoms with Gasteiger partial charge in [-0.15, -0.1) is 0 Å². The van der Waals surface area contributed by atoms with Gasteiger partial charge in [0.25, 0.3) is 5.91 Å². The molecule has 106 valence electrons. The van der Waals surface area contributed by atoms with Crippen LogP contribution in [0.4, 0.5) is 0 Å². The Bertz CT molecular complexity index is 525. The van der Waals surface area contributed by atoms with Gasteiger partial charge in [-0.1, -0.05) is 15.9 Å². The smallest absolute Gasteiger partial charge is 0.251 e. The molecule has 0 heterocycles. The highest BCUT2D eigenvalue weighted by molar-refractivity contribution is 9.09. The van der Waals surface area contributed by atoms with E-state index in [4.69, 9.17) is 0 Å². The zero-order valence-corrected chi connectivity index (χ0v) is 13.4. The summed E-state index contributed by atoms with van der Waals surface area (Å²) in [5, 5.41) is 3.79. The summed E-state index contributed by atoms with van der Waals surface area (Å²) in [6.07, 6.45) is 3.04. The van der Waals surface area contributed by atoms with Crippen LogP contribution in [0.1, 0.15) is 30.1 Å². The molecule has 0 aliphatic heterocycles. The second kappa shape index (κ2) is 7.05. The van der Waals surface area contributed by atoms with Crippen LogP contribution >= 0.6 is 15.9 Å². The predicted octanol–water partition coefficient (Wildman–Crippen LogP) is 2.38. The molecule has 0 saturated carbocycles. The fourth-order valence-electron chi connectivity index (χ4n) is 1.62. The average molecular weight is 348 g/mol. The lowest BCUT2D eigenvalue weighted by molar-refractivity contribution is 0.0938. The molecule has 0 fully saturated rings. The zero-order valence-electron chi connectivity index (χ0n) is 11.0. The van der Waals surface area contributed by atoms with Crippen LogP contribution in [-0.2, 0) is 9.84 Å². The van der Waals surface area contributed by atoms with Gasteiger partial charge in [0, 0.05) is 23.2 Å². The number of alkyl halides is 1. The van der Waals surface area contributed by atoms with Crippen LogP contribution in [0.3, 0.4) is 0 Å². The first-order valence-electron chi connectivity index (χ1n) is 6.01. The maximum absolute atomic E-state index is 11.9. The molecule has 4 nitrogen and oxygen atoms in total. The number of carbonyl (C=O) groups is 1. The van der Waals surface area contributed by atoms with E-state index in [2.05, 4.69) is 21.2 Å². The summed E-state index contributed by atoms with van der Waals surface area (Å²) in [5.74, 6) is -0.179. The Morgan fingerprint density at radius 1 is 1.32 bits per heavy atom. The molecule has 1 aromatic rings. The molecule has 0 aromatic heterocycles. The molecular formula is C13H18BrNO3S. The number of hydrogen-bond donors (Lipinski definition) is 1. The van der Waals surface area contributed by atoms with Crippen molar-refractivity contribution in [3.05, 3.63) is 29.8 Å². The lowest BCUT2D eigenvalue weighted by atomic mass is 10.1. The lowest BCUT2D eigenvalue weighted by Crippen LogP contribution is -2.32. The van der Waals surface area contributed by atoms with Crippen molar-refractivity contribution in [2.75, 3.05) is 11.6 Å². The minimum atomic E-state index is -3.22. The van der Waals surface area contributed by atoms with E-state index in [0.717, 1.165) is 24.4 Å². The average Bonchev–Trinajstić information content (AvgIpc) is 2.35. The molecule has 1 unspecified atom stereocenters. The molecule has 0 saturated heterocycles. The number of amides is 1. The summed E-state index contributed by atoms with van der Waals surface area (Å²) < 4.78 is 22.6. The molecule has 1 atom stereocenters. The number of benzene rings is 1. The van der Waals surface area contributed by atoms with Gasteiger partial charge in [-0.2, -0.15) is 0 Å². The van der Waals surface area contributed by atoms with E-state index in [1.54, 1.807) is 0 Å². The molecule has 1 rings (SSSR count). The lowest BCUT2D eigenvalue weighted by Gasteiger charge is -2.13. The van der Waals surface area contributed by atoms with E-state index >= 15 is 0 Å². The summed E-state index contributed by atoms with van der Waals surface area (Å²) in [6.45, 7) is 1.95. The Hall–Kier alpha value is -0.880. The highest BCUT2D eigenvalue weighted by Gasteiger charge is 2.11. The Morgan fingerprint density at radius 3 is 2.37 bits per heavy atom. The van der Waals surface area contributed by atoms with E-state index < -0.39 is 9.84 Å². The SMILES string of the molecule is CC(CCCBr)NC(=O)c1ccc(S(C)(=O)=O)cc1.